The fourth-order valence-corrected chi connectivity index (χ4v) is 1.71. The van der Waals surface area contributed by atoms with Crippen molar-refractivity contribution < 1.29 is 14.3 Å². The van der Waals surface area contributed by atoms with Gasteiger partial charge in [0.15, 0.2) is 5.96 Å². The molecule has 0 aromatic heterocycles. The molecular formula is C13H26N4O3. The number of nitrogens with two attached hydrogens (primary N) is 1. The Kier molecular flexibility index (Phi) is 6.57. The van der Waals surface area contributed by atoms with Crippen LogP contribution < -0.4 is 16.4 Å². The second kappa shape index (κ2) is 7.94. The highest BCUT2D eigenvalue weighted by Gasteiger charge is 2.16. The van der Waals surface area contributed by atoms with Crippen LogP contribution in [0.1, 0.15) is 33.6 Å². The second-order valence-corrected chi connectivity index (χ2v) is 5.72. The standard InChI is InChI=1S/C13H26N4O3/c1-13(2,3)20-12(18)16-7-6-15-11(14)17-9-10-5-4-8-19-10/h10H,4-9H2,1-3H3,(H,16,18)(H3,14,15,17)/t10-/m0/s1. The Labute approximate surface area is 120 Å². The number of alkyl carbamates (subject to hydrolysis) is 1. The molecule has 0 aromatic carbocycles. The number of rotatable bonds is 5. The van der Waals surface area contributed by atoms with Gasteiger partial charge in [-0.15, -0.1) is 0 Å². The first kappa shape index (κ1) is 16.6. The van der Waals surface area contributed by atoms with Gasteiger partial charge >= 0.3 is 6.09 Å². The first-order chi connectivity index (χ1) is 9.37. The van der Waals surface area contributed by atoms with E-state index < -0.39 is 11.7 Å². The molecule has 4 N–H and O–H groups in total. The Morgan fingerprint density at radius 2 is 2.10 bits per heavy atom. The highest BCUT2D eigenvalue weighted by Crippen LogP contribution is 2.11. The van der Waals surface area contributed by atoms with Crippen LogP contribution in [0.2, 0.25) is 0 Å². The third kappa shape index (κ3) is 7.83. The van der Waals surface area contributed by atoms with E-state index in [0.717, 1.165) is 19.4 Å². The number of aliphatic imine (C=N–C) groups is 1. The van der Waals surface area contributed by atoms with Crippen molar-refractivity contribution in [3.05, 3.63) is 0 Å². The van der Waals surface area contributed by atoms with Gasteiger partial charge in [0.2, 0.25) is 0 Å². The van der Waals surface area contributed by atoms with Gasteiger partial charge in [0.05, 0.1) is 12.6 Å². The van der Waals surface area contributed by atoms with Gasteiger partial charge in [-0.1, -0.05) is 0 Å². The molecule has 7 heteroatoms. The molecule has 0 aromatic rings. The van der Waals surface area contributed by atoms with E-state index in [2.05, 4.69) is 15.6 Å². The number of nitrogens with zero attached hydrogens (tertiary/aromatic N) is 1. The van der Waals surface area contributed by atoms with E-state index in [9.17, 15) is 4.79 Å². The van der Waals surface area contributed by atoms with Gasteiger partial charge in [-0.2, -0.15) is 0 Å². The van der Waals surface area contributed by atoms with Crippen molar-refractivity contribution in [2.45, 2.75) is 45.3 Å². The zero-order chi connectivity index (χ0) is 15.0. The van der Waals surface area contributed by atoms with Crippen LogP contribution in [0.3, 0.4) is 0 Å². The number of ether oxygens (including phenoxy) is 2. The lowest BCUT2D eigenvalue weighted by Gasteiger charge is -2.19. The summed E-state index contributed by atoms with van der Waals surface area (Å²) >= 11 is 0. The fraction of sp³-hybridized carbons (Fsp3) is 0.846. The topological polar surface area (TPSA) is 98.0 Å². The van der Waals surface area contributed by atoms with Crippen LogP contribution in [-0.2, 0) is 9.47 Å². The van der Waals surface area contributed by atoms with Crippen molar-refractivity contribution in [3.63, 3.8) is 0 Å². The first-order valence-corrected chi connectivity index (χ1v) is 6.99. The molecule has 20 heavy (non-hydrogen) atoms. The summed E-state index contributed by atoms with van der Waals surface area (Å²) in [5, 5.41) is 5.56. The summed E-state index contributed by atoms with van der Waals surface area (Å²) in [6, 6.07) is 0. The largest absolute Gasteiger partial charge is 0.444 e. The van der Waals surface area contributed by atoms with E-state index in [1.165, 1.54) is 0 Å². The van der Waals surface area contributed by atoms with Gasteiger partial charge in [0.1, 0.15) is 5.60 Å². The van der Waals surface area contributed by atoms with Crippen molar-refractivity contribution in [1.29, 1.82) is 0 Å². The Balaban J connectivity index is 2.07. The summed E-state index contributed by atoms with van der Waals surface area (Å²) in [5.74, 6) is 0.367. The van der Waals surface area contributed by atoms with Gasteiger partial charge in [0.25, 0.3) is 0 Å². The number of nitrogens with one attached hydrogen (secondary N) is 2. The predicted molar refractivity (Wildman–Crippen MR) is 77.7 cm³/mol. The molecule has 0 radical (unpaired) electrons. The maximum absolute atomic E-state index is 11.4. The highest BCUT2D eigenvalue weighted by atomic mass is 16.6. The van der Waals surface area contributed by atoms with E-state index in [4.69, 9.17) is 15.2 Å². The monoisotopic (exact) mass is 286 g/mol. The fourth-order valence-electron chi connectivity index (χ4n) is 1.71. The average molecular weight is 286 g/mol. The van der Waals surface area contributed by atoms with Crippen LogP contribution in [0.15, 0.2) is 4.99 Å². The van der Waals surface area contributed by atoms with Crippen molar-refractivity contribution in [2.75, 3.05) is 26.2 Å². The van der Waals surface area contributed by atoms with E-state index in [-0.39, 0.29) is 6.10 Å². The van der Waals surface area contributed by atoms with E-state index in [1.54, 1.807) is 0 Å². The summed E-state index contributed by atoms with van der Waals surface area (Å²) in [4.78, 5) is 15.6. The van der Waals surface area contributed by atoms with Crippen LogP contribution in [0.25, 0.3) is 0 Å². The zero-order valence-corrected chi connectivity index (χ0v) is 12.6. The van der Waals surface area contributed by atoms with Gasteiger partial charge in [0, 0.05) is 19.7 Å². The smallest absolute Gasteiger partial charge is 0.407 e. The SMILES string of the molecule is CC(C)(C)OC(=O)NCCNC(N)=NC[C@@H]1CCCO1. The molecule has 1 atom stereocenters. The Morgan fingerprint density at radius 1 is 1.40 bits per heavy atom. The van der Waals surface area contributed by atoms with E-state index >= 15 is 0 Å². The molecule has 7 nitrogen and oxygen atoms in total. The molecule has 1 aliphatic heterocycles. The molecule has 1 rings (SSSR count). The van der Waals surface area contributed by atoms with Crippen molar-refractivity contribution >= 4 is 12.1 Å². The number of amides is 1. The molecule has 1 saturated heterocycles. The minimum Gasteiger partial charge on any atom is -0.444 e. The summed E-state index contributed by atoms with van der Waals surface area (Å²) < 4.78 is 10.5. The van der Waals surface area contributed by atoms with Gasteiger partial charge in [-0.3, -0.25) is 4.99 Å². The van der Waals surface area contributed by atoms with Crippen LogP contribution in [0, 0.1) is 0 Å². The molecule has 1 heterocycles. The number of carbonyl (C=O) groups excluding carboxylic acids is 1. The zero-order valence-electron chi connectivity index (χ0n) is 12.6. The molecule has 1 amide bonds. The Hall–Kier alpha value is -1.50. The third-order valence-corrected chi connectivity index (χ3v) is 2.59. The molecule has 0 aliphatic carbocycles. The molecule has 0 unspecified atom stereocenters. The predicted octanol–water partition coefficient (Wildman–Crippen LogP) is 0.594. The number of guanidine groups is 1. The lowest BCUT2D eigenvalue weighted by Crippen LogP contribution is -2.40. The molecule has 0 bridgehead atoms. The molecule has 1 aliphatic rings. The lowest BCUT2D eigenvalue weighted by atomic mass is 10.2. The quantitative estimate of drug-likeness (QED) is 0.390. The minimum absolute atomic E-state index is 0.190. The summed E-state index contributed by atoms with van der Waals surface area (Å²) in [7, 11) is 0. The molecule has 0 spiro atoms. The number of hydrogen-bond donors (Lipinski definition) is 3. The normalized spacial score (nSPS) is 19.8. The Morgan fingerprint density at radius 3 is 2.70 bits per heavy atom. The Bertz CT molecular complexity index is 333. The maximum atomic E-state index is 11.4. The lowest BCUT2D eigenvalue weighted by molar-refractivity contribution is 0.0529. The van der Waals surface area contributed by atoms with Crippen LogP contribution >= 0.6 is 0 Å². The van der Waals surface area contributed by atoms with Crippen LogP contribution in [0.4, 0.5) is 4.79 Å². The van der Waals surface area contributed by atoms with Gasteiger partial charge in [-0.25, -0.2) is 4.79 Å². The first-order valence-electron chi connectivity index (χ1n) is 6.99. The van der Waals surface area contributed by atoms with Crippen molar-refractivity contribution in [1.82, 2.24) is 10.6 Å². The van der Waals surface area contributed by atoms with Gasteiger partial charge in [-0.05, 0) is 33.6 Å². The molecular weight excluding hydrogens is 260 g/mol. The molecule has 0 saturated carbocycles. The van der Waals surface area contributed by atoms with E-state index in [0.29, 0.717) is 25.6 Å². The molecule has 116 valence electrons. The maximum Gasteiger partial charge on any atom is 0.407 e. The summed E-state index contributed by atoms with van der Waals surface area (Å²) in [6.07, 6.45) is 1.88. The second-order valence-electron chi connectivity index (χ2n) is 5.72. The van der Waals surface area contributed by atoms with Crippen molar-refractivity contribution in [3.8, 4) is 0 Å². The number of carbonyl (C=O) groups is 1. The average Bonchev–Trinajstić information content (AvgIpc) is 2.83. The van der Waals surface area contributed by atoms with Crippen LogP contribution in [-0.4, -0.2) is 50.0 Å². The minimum atomic E-state index is -0.487. The van der Waals surface area contributed by atoms with E-state index in [1.807, 2.05) is 20.8 Å². The highest BCUT2D eigenvalue weighted by molar-refractivity contribution is 5.77. The summed E-state index contributed by atoms with van der Waals surface area (Å²) in [6.45, 7) is 7.78. The third-order valence-electron chi connectivity index (χ3n) is 2.59. The number of hydrogen-bond acceptors (Lipinski definition) is 4. The van der Waals surface area contributed by atoms with Gasteiger partial charge < -0.3 is 25.8 Å². The molecule has 1 fully saturated rings. The summed E-state index contributed by atoms with van der Waals surface area (Å²) in [5.41, 5.74) is 5.22. The van der Waals surface area contributed by atoms with Crippen molar-refractivity contribution in [2.24, 2.45) is 10.7 Å². The van der Waals surface area contributed by atoms with Crippen LogP contribution in [0.5, 0.6) is 0 Å².